The minimum Gasteiger partial charge on any atom is -0.395 e. The Morgan fingerprint density at radius 2 is 1.77 bits per heavy atom. The van der Waals surface area contributed by atoms with E-state index in [-0.39, 0.29) is 12.6 Å². The van der Waals surface area contributed by atoms with Crippen LogP contribution in [0.5, 0.6) is 0 Å². The maximum absolute atomic E-state index is 12.9. The summed E-state index contributed by atoms with van der Waals surface area (Å²) in [5.41, 5.74) is 0. The van der Waals surface area contributed by atoms with Gasteiger partial charge in [0.25, 0.3) is 0 Å². The van der Waals surface area contributed by atoms with Gasteiger partial charge in [-0.2, -0.15) is 0 Å². The van der Waals surface area contributed by atoms with E-state index >= 15 is 0 Å². The number of piperidine rings is 1. The molecule has 1 unspecified atom stereocenters. The van der Waals surface area contributed by atoms with Gasteiger partial charge in [0.15, 0.2) is 0 Å². The Hall–Kier alpha value is -0.690. The maximum Gasteiger partial charge on any atom is 0.240 e. The van der Waals surface area contributed by atoms with Crippen LogP contribution in [0.4, 0.5) is 0 Å². The molecule has 2 N–H and O–H groups in total. The van der Waals surface area contributed by atoms with Gasteiger partial charge in [0.1, 0.15) is 0 Å². The Balaban J connectivity index is 1.54. The van der Waals surface area contributed by atoms with Crippen molar-refractivity contribution in [1.29, 1.82) is 0 Å². The molecular weight excluding hydrogens is 280 g/mol. The van der Waals surface area contributed by atoms with Gasteiger partial charge in [0.05, 0.1) is 12.6 Å². The van der Waals surface area contributed by atoms with Crippen LogP contribution in [-0.4, -0.2) is 96.8 Å². The number of rotatable bonds is 4. The van der Waals surface area contributed by atoms with Gasteiger partial charge in [-0.05, 0) is 45.3 Å². The van der Waals surface area contributed by atoms with Gasteiger partial charge in [0, 0.05) is 38.8 Å². The lowest BCUT2D eigenvalue weighted by Gasteiger charge is -2.40. The molecule has 0 aromatic rings. The van der Waals surface area contributed by atoms with E-state index in [0.717, 1.165) is 65.2 Å². The summed E-state index contributed by atoms with van der Waals surface area (Å²) in [5.74, 6) is 0.347. The molecule has 22 heavy (non-hydrogen) atoms. The van der Waals surface area contributed by atoms with Crippen molar-refractivity contribution in [2.45, 2.75) is 37.8 Å². The fraction of sp³-hybridized carbons (Fsp3) is 0.938. The second kappa shape index (κ2) is 7.73. The van der Waals surface area contributed by atoms with Crippen molar-refractivity contribution in [2.75, 3.05) is 59.0 Å². The van der Waals surface area contributed by atoms with E-state index in [9.17, 15) is 4.79 Å². The highest BCUT2D eigenvalue weighted by atomic mass is 16.3. The third-order valence-electron chi connectivity index (χ3n) is 5.46. The molecule has 1 amide bonds. The van der Waals surface area contributed by atoms with Gasteiger partial charge in [-0.15, -0.1) is 0 Å². The summed E-state index contributed by atoms with van der Waals surface area (Å²) >= 11 is 0. The first-order valence-electron chi connectivity index (χ1n) is 8.88. The monoisotopic (exact) mass is 310 g/mol. The first-order valence-corrected chi connectivity index (χ1v) is 8.88. The molecule has 0 saturated carbocycles. The first kappa shape index (κ1) is 16.2. The van der Waals surface area contributed by atoms with E-state index in [1.54, 1.807) is 0 Å². The summed E-state index contributed by atoms with van der Waals surface area (Å²) < 4.78 is 0. The summed E-state index contributed by atoms with van der Waals surface area (Å²) in [6.45, 7) is 7.62. The predicted molar refractivity (Wildman–Crippen MR) is 85.7 cm³/mol. The normalized spacial score (nSPS) is 29.1. The van der Waals surface area contributed by atoms with Crippen molar-refractivity contribution in [1.82, 2.24) is 20.0 Å². The third-order valence-corrected chi connectivity index (χ3v) is 5.46. The molecule has 3 saturated heterocycles. The largest absolute Gasteiger partial charge is 0.395 e. The highest BCUT2D eigenvalue weighted by Crippen LogP contribution is 2.26. The van der Waals surface area contributed by atoms with Crippen LogP contribution in [0, 0.1) is 0 Å². The maximum atomic E-state index is 12.9. The van der Waals surface area contributed by atoms with Crippen LogP contribution in [-0.2, 0) is 4.79 Å². The molecule has 3 heterocycles. The van der Waals surface area contributed by atoms with Crippen LogP contribution < -0.4 is 5.32 Å². The summed E-state index contributed by atoms with van der Waals surface area (Å²) in [5, 5.41) is 12.4. The van der Waals surface area contributed by atoms with Gasteiger partial charge in [-0.25, -0.2) is 0 Å². The number of amides is 1. The topological polar surface area (TPSA) is 59.1 Å². The molecule has 0 aromatic heterocycles. The van der Waals surface area contributed by atoms with Crippen LogP contribution in [0.2, 0.25) is 0 Å². The van der Waals surface area contributed by atoms with E-state index < -0.39 is 0 Å². The number of piperazine rings is 1. The fourth-order valence-corrected chi connectivity index (χ4v) is 4.17. The lowest BCUT2D eigenvalue weighted by molar-refractivity contribution is -0.138. The molecule has 0 bridgehead atoms. The molecule has 6 heteroatoms. The molecule has 0 radical (unpaired) electrons. The standard InChI is InChI=1S/C16H30N4O2/c21-13-12-18-8-10-19(11-9-18)16(22)15-2-1-7-20(15)14-3-5-17-6-4-14/h14-15,17,21H,1-13H2. The van der Waals surface area contributed by atoms with Crippen molar-refractivity contribution in [3.63, 3.8) is 0 Å². The second-order valence-electron chi connectivity index (χ2n) is 6.77. The average molecular weight is 310 g/mol. The number of carbonyl (C=O) groups excluding carboxylic acids is 1. The van der Waals surface area contributed by atoms with Crippen molar-refractivity contribution >= 4 is 5.91 Å². The van der Waals surface area contributed by atoms with Crippen molar-refractivity contribution < 1.29 is 9.90 Å². The number of β-amino-alcohol motifs (C(OH)–C–C–N with tert-alkyl or cyclic N) is 1. The zero-order valence-corrected chi connectivity index (χ0v) is 13.5. The number of hydrogen-bond donors (Lipinski definition) is 2. The molecule has 3 fully saturated rings. The van der Waals surface area contributed by atoms with Gasteiger partial charge in [-0.1, -0.05) is 0 Å². The van der Waals surface area contributed by atoms with Gasteiger partial charge in [-0.3, -0.25) is 14.6 Å². The summed E-state index contributed by atoms with van der Waals surface area (Å²) in [7, 11) is 0. The summed E-state index contributed by atoms with van der Waals surface area (Å²) in [6, 6.07) is 0.709. The third kappa shape index (κ3) is 3.62. The lowest BCUT2D eigenvalue weighted by atomic mass is 10.0. The Bertz CT molecular complexity index is 365. The van der Waals surface area contributed by atoms with Crippen LogP contribution in [0.25, 0.3) is 0 Å². The molecule has 3 aliphatic rings. The van der Waals surface area contributed by atoms with Crippen LogP contribution in [0.15, 0.2) is 0 Å². The Morgan fingerprint density at radius 3 is 2.45 bits per heavy atom. The van der Waals surface area contributed by atoms with Gasteiger partial charge >= 0.3 is 0 Å². The zero-order valence-electron chi connectivity index (χ0n) is 13.5. The summed E-state index contributed by atoms with van der Waals surface area (Å²) in [4.78, 5) is 19.7. The molecule has 0 aromatic carbocycles. The predicted octanol–water partition coefficient (Wildman–Crippen LogP) is -0.661. The quantitative estimate of drug-likeness (QED) is 0.722. The number of nitrogens with zero attached hydrogens (tertiary/aromatic N) is 3. The van der Waals surface area contributed by atoms with Gasteiger partial charge in [0.2, 0.25) is 5.91 Å². The second-order valence-corrected chi connectivity index (χ2v) is 6.77. The van der Waals surface area contributed by atoms with Crippen molar-refractivity contribution in [3.05, 3.63) is 0 Å². The Morgan fingerprint density at radius 1 is 1.05 bits per heavy atom. The van der Waals surface area contributed by atoms with E-state index in [4.69, 9.17) is 5.11 Å². The van der Waals surface area contributed by atoms with Crippen LogP contribution in [0.1, 0.15) is 25.7 Å². The average Bonchev–Trinajstić information content (AvgIpc) is 3.06. The van der Waals surface area contributed by atoms with E-state index in [1.807, 2.05) is 0 Å². The molecule has 126 valence electrons. The van der Waals surface area contributed by atoms with Crippen molar-refractivity contribution in [3.8, 4) is 0 Å². The van der Waals surface area contributed by atoms with Gasteiger partial charge < -0.3 is 15.3 Å². The number of nitrogens with one attached hydrogen (secondary N) is 1. The SMILES string of the molecule is O=C(C1CCCN1C1CCNCC1)N1CCN(CCO)CC1. The number of likely N-dealkylation sites (tertiary alicyclic amines) is 1. The number of hydrogen-bond acceptors (Lipinski definition) is 5. The molecular formula is C16H30N4O2. The minimum absolute atomic E-state index is 0.118. The van der Waals surface area contributed by atoms with E-state index in [0.29, 0.717) is 11.9 Å². The first-order chi connectivity index (χ1) is 10.8. The number of aliphatic hydroxyl groups excluding tert-OH is 1. The Labute approximate surface area is 133 Å². The van der Waals surface area contributed by atoms with E-state index in [1.165, 1.54) is 12.8 Å². The minimum atomic E-state index is 0.118. The molecule has 1 atom stereocenters. The zero-order chi connectivity index (χ0) is 15.4. The highest BCUT2D eigenvalue weighted by Gasteiger charge is 2.38. The molecule has 3 aliphatic heterocycles. The van der Waals surface area contributed by atoms with Crippen LogP contribution in [0.3, 0.4) is 0 Å². The molecule has 0 aliphatic carbocycles. The smallest absolute Gasteiger partial charge is 0.240 e. The lowest BCUT2D eigenvalue weighted by Crippen LogP contribution is -2.56. The van der Waals surface area contributed by atoms with E-state index in [2.05, 4.69) is 20.0 Å². The Kier molecular flexibility index (Phi) is 5.68. The number of aliphatic hydroxyl groups is 1. The van der Waals surface area contributed by atoms with Crippen LogP contribution >= 0.6 is 0 Å². The molecule has 6 nitrogen and oxygen atoms in total. The highest BCUT2D eigenvalue weighted by molar-refractivity contribution is 5.82. The summed E-state index contributed by atoms with van der Waals surface area (Å²) in [6.07, 6.45) is 4.53. The number of carbonyl (C=O) groups is 1. The fourth-order valence-electron chi connectivity index (χ4n) is 4.17. The molecule has 3 rings (SSSR count). The van der Waals surface area contributed by atoms with Crippen molar-refractivity contribution in [2.24, 2.45) is 0 Å². The molecule has 0 spiro atoms.